The van der Waals surface area contributed by atoms with Crippen molar-refractivity contribution in [2.75, 3.05) is 0 Å². The molecule has 0 spiro atoms. The van der Waals surface area contributed by atoms with Crippen LogP contribution in [0, 0.1) is 17.2 Å². The van der Waals surface area contributed by atoms with E-state index in [0.29, 0.717) is 0 Å². The molecule has 1 aliphatic rings. The number of hydrogen-bond acceptors (Lipinski definition) is 2. The lowest BCUT2D eigenvalue weighted by atomic mass is 9.89. The molecule has 0 aromatic heterocycles. The maximum absolute atomic E-state index is 9.66. The predicted molar refractivity (Wildman–Crippen MR) is 52.5 cm³/mol. The second-order valence-electron chi connectivity index (χ2n) is 3.20. The van der Waals surface area contributed by atoms with Crippen LogP contribution < -0.4 is 0 Å². The van der Waals surface area contributed by atoms with Gasteiger partial charge in [0.25, 0.3) is 0 Å². The standard InChI is InChI=1S/C9H11Cl2NO/c10-9(11,6-12)8(13)7-4-2-1-3-5-7/h2,4,7-8,13H,1,3,5H2. The van der Waals surface area contributed by atoms with E-state index in [2.05, 4.69) is 0 Å². The molecule has 0 heterocycles. The highest BCUT2D eigenvalue weighted by Gasteiger charge is 2.38. The van der Waals surface area contributed by atoms with Crippen molar-refractivity contribution in [2.24, 2.45) is 5.92 Å². The fraction of sp³-hybridized carbons (Fsp3) is 0.667. The SMILES string of the molecule is N#CC(Cl)(Cl)C(O)C1C=CCCC1. The van der Waals surface area contributed by atoms with Crippen molar-refractivity contribution < 1.29 is 5.11 Å². The molecule has 0 aromatic rings. The van der Waals surface area contributed by atoms with Crippen LogP contribution in [0.4, 0.5) is 0 Å². The first-order valence-electron chi connectivity index (χ1n) is 4.21. The van der Waals surface area contributed by atoms with Gasteiger partial charge in [0.1, 0.15) is 12.2 Å². The number of rotatable bonds is 2. The fourth-order valence-electron chi connectivity index (χ4n) is 1.44. The third-order valence-corrected chi connectivity index (χ3v) is 2.83. The van der Waals surface area contributed by atoms with Gasteiger partial charge in [-0.25, -0.2) is 0 Å². The summed E-state index contributed by atoms with van der Waals surface area (Å²) in [5.74, 6) is -0.0941. The van der Waals surface area contributed by atoms with Gasteiger partial charge >= 0.3 is 0 Å². The fourth-order valence-corrected chi connectivity index (χ4v) is 1.76. The number of aliphatic hydroxyl groups excluding tert-OH is 1. The van der Waals surface area contributed by atoms with Crippen LogP contribution in [-0.2, 0) is 0 Å². The highest BCUT2D eigenvalue weighted by atomic mass is 35.5. The number of hydrogen-bond donors (Lipinski definition) is 1. The summed E-state index contributed by atoms with van der Waals surface area (Å²) >= 11 is 11.2. The molecule has 0 bridgehead atoms. The summed E-state index contributed by atoms with van der Waals surface area (Å²) in [6, 6.07) is 1.69. The van der Waals surface area contributed by atoms with E-state index in [9.17, 15) is 5.11 Å². The Morgan fingerprint density at radius 2 is 2.31 bits per heavy atom. The molecule has 4 heteroatoms. The first-order chi connectivity index (χ1) is 6.08. The number of allylic oxidation sites excluding steroid dienone is 1. The maximum Gasteiger partial charge on any atom is 0.229 e. The third-order valence-electron chi connectivity index (χ3n) is 2.22. The first-order valence-corrected chi connectivity index (χ1v) is 4.97. The van der Waals surface area contributed by atoms with Crippen molar-refractivity contribution in [1.82, 2.24) is 0 Å². The molecule has 1 rings (SSSR count). The molecule has 2 unspecified atom stereocenters. The smallest absolute Gasteiger partial charge is 0.229 e. The van der Waals surface area contributed by atoms with Crippen molar-refractivity contribution in [2.45, 2.75) is 29.7 Å². The number of halogens is 2. The van der Waals surface area contributed by atoms with E-state index >= 15 is 0 Å². The Labute approximate surface area is 87.8 Å². The van der Waals surface area contributed by atoms with E-state index in [1.807, 2.05) is 12.2 Å². The van der Waals surface area contributed by atoms with E-state index in [4.69, 9.17) is 28.5 Å². The quantitative estimate of drug-likeness (QED) is 0.573. The Hall–Kier alpha value is -0.230. The summed E-state index contributed by atoms with van der Waals surface area (Å²) in [7, 11) is 0. The van der Waals surface area contributed by atoms with Gasteiger partial charge in [-0.1, -0.05) is 35.4 Å². The molecule has 72 valence electrons. The zero-order valence-corrected chi connectivity index (χ0v) is 8.59. The first kappa shape index (κ1) is 10.8. The van der Waals surface area contributed by atoms with E-state index in [1.54, 1.807) is 6.07 Å². The Morgan fingerprint density at radius 3 is 2.77 bits per heavy atom. The lowest BCUT2D eigenvalue weighted by molar-refractivity contribution is 0.119. The molecule has 0 amide bonds. The molecule has 0 fully saturated rings. The molecule has 0 aromatic carbocycles. The van der Waals surface area contributed by atoms with Gasteiger partial charge in [0, 0.05) is 5.92 Å². The summed E-state index contributed by atoms with van der Waals surface area (Å²) in [5, 5.41) is 18.3. The van der Waals surface area contributed by atoms with Crippen molar-refractivity contribution in [1.29, 1.82) is 5.26 Å². The number of nitriles is 1. The molecule has 0 radical (unpaired) electrons. The molecule has 0 saturated carbocycles. The molecular weight excluding hydrogens is 209 g/mol. The van der Waals surface area contributed by atoms with E-state index in [-0.39, 0.29) is 5.92 Å². The van der Waals surface area contributed by atoms with Gasteiger partial charge in [-0.05, 0) is 19.3 Å². The molecule has 0 saturated heterocycles. The number of aliphatic hydroxyl groups is 1. The summed E-state index contributed by atoms with van der Waals surface area (Å²) in [6.07, 6.45) is 5.72. The van der Waals surface area contributed by atoms with Crippen LogP contribution in [0.25, 0.3) is 0 Å². The minimum Gasteiger partial charge on any atom is -0.388 e. The van der Waals surface area contributed by atoms with Gasteiger partial charge < -0.3 is 5.11 Å². The van der Waals surface area contributed by atoms with E-state index in [1.165, 1.54) is 0 Å². The molecule has 2 nitrogen and oxygen atoms in total. The zero-order chi connectivity index (χ0) is 9.90. The average molecular weight is 220 g/mol. The van der Waals surface area contributed by atoms with Crippen LogP contribution in [-0.4, -0.2) is 15.5 Å². The highest BCUT2D eigenvalue weighted by Crippen LogP contribution is 2.33. The summed E-state index contributed by atoms with van der Waals surface area (Å²) in [4.78, 5) is 0. The monoisotopic (exact) mass is 219 g/mol. The minimum absolute atomic E-state index is 0.0941. The zero-order valence-electron chi connectivity index (χ0n) is 7.08. The van der Waals surface area contributed by atoms with Gasteiger partial charge in [-0.15, -0.1) is 0 Å². The molecule has 13 heavy (non-hydrogen) atoms. The molecular formula is C9H11Cl2NO. The minimum atomic E-state index is -1.69. The van der Waals surface area contributed by atoms with E-state index < -0.39 is 10.4 Å². The Bertz CT molecular complexity index is 244. The van der Waals surface area contributed by atoms with Crippen molar-refractivity contribution in [3.63, 3.8) is 0 Å². The molecule has 1 N–H and O–H groups in total. The van der Waals surface area contributed by atoms with Crippen LogP contribution in [0.1, 0.15) is 19.3 Å². The van der Waals surface area contributed by atoms with Gasteiger partial charge in [0.2, 0.25) is 4.33 Å². The Balaban J connectivity index is 2.67. The Morgan fingerprint density at radius 1 is 1.62 bits per heavy atom. The topological polar surface area (TPSA) is 44.0 Å². The second kappa shape index (κ2) is 4.32. The van der Waals surface area contributed by atoms with Crippen LogP contribution in [0.15, 0.2) is 12.2 Å². The molecule has 2 atom stereocenters. The lowest BCUT2D eigenvalue weighted by Crippen LogP contribution is -2.36. The summed E-state index contributed by atoms with van der Waals surface area (Å²) < 4.78 is -1.69. The molecule has 1 aliphatic carbocycles. The van der Waals surface area contributed by atoms with Crippen LogP contribution in [0.3, 0.4) is 0 Å². The average Bonchev–Trinajstić information content (AvgIpc) is 2.18. The molecule has 0 aliphatic heterocycles. The van der Waals surface area contributed by atoms with Crippen molar-refractivity contribution in [3.8, 4) is 6.07 Å². The second-order valence-corrected chi connectivity index (χ2v) is 4.59. The predicted octanol–water partition coefficient (Wildman–Crippen LogP) is 2.40. The van der Waals surface area contributed by atoms with E-state index in [0.717, 1.165) is 19.3 Å². The van der Waals surface area contributed by atoms with Crippen molar-refractivity contribution >= 4 is 23.2 Å². The van der Waals surface area contributed by atoms with Gasteiger partial charge in [-0.2, -0.15) is 5.26 Å². The third kappa shape index (κ3) is 2.60. The van der Waals surface area contributed by atoms with Crippen LogP contribution >= 0.6 is 23.2 Å². The summed E-state index contributed by atoms with van der Waals surface area (Å²) in [5.41, 5.74) is 0. The number of alkyl halides is 2. The van der Waals surface area contributed by atoms with Crippen LogP contribution in [0.5, 0.6) is 0 Å². The maximum atomic E-state index is 9.66. The largest absolute Gasteiger partial charge is 0.388 e. The van der Waals surface area contributed by atoms with Crippen molar-refractivity contribution in [3.05, 3.63) is 12.2 Å². The van der Waals surface area contributed by atoms with Crippen LogP contribution in [0.2, 0.25) is 0 Å². The lowest BCUT2D eigenvalue weighted by Gasteiger charge is -2.27. The Kier molecular flexibility index (Phi) is 3.61. The van der Waals surface area contributed by atoms with Gasteiger partial charge in [0.05, 0.1) is 0 Å². The number of nitrogens with zero attached hydrogens (tertiary/aromatic N) is 1. The highest BCUT2D eigenvalue weighted by molar-refractivity contribution is 6.51. The van der Waals surface area contributed by atoms with Gasteiger partial charge in [-0.3, -0.25) is 0 Å². The van der Waals surface area contributed by atoms with Gasteiger partial charge in [0.15, 0.2) is 0 Å². The normalized spacial score (nSPS) is 25.2. The summed E-state index contributed by atoms with van der Waals surface area (Å²) in [6.45, 7) is 0.